The predicted molar refractivity (Wildman–Crippen MR) is 97.8 cm³/mol. The summed E-state index contributed by atoms with van der Waals surface area (Å²) in [5, 5.41) is 1.97. The molecular weight excluding hydrogens is 304 g/mol. The molecule has 23 heavy (non-hydrogen) atoms. The SMILES string of the molecule is Cc1cccc(N2CCN(CCC(=O)c3cccs3)CC2)c1C. The molecule has 1 saturated heterocycles. The molecule has 3 rings (SSSR count). The van der Waals surface area contributed by atoms with Crippen LogP contribution in [0.2, 0.25) is 0 Å². The van der Waals surface area contributed by atoms with Gasteiger partial charge in [0.05, 0.1) is 4.88 Å². The highest BCUT2D eigenvalue weighted by Crippen LogP contribution is 2.24. The normalized spacial score (nSPS) is 15.8. The molecule has 1 aliphatic rings. The van der Waals surface area contributed by atoms with E-state index in [9.17, 15) is 4.79 Å². The zero-order valence-corrected chi connectivity index (χ0v) is 14.7. The summed E-state index contributed by atoms with van der Waals surface area (Å²) in [6.45, 7) is 9.39. The van der Waals surface area contributed by atoms with Gasteiger partial charge in [-0.25, -0.2) is 0 Å². The molecule has 2 aromatic rings. The van der Waals surface area contributed by atoms with Gasteiger partial charge in [-0.05, 0) is 42.5 Å². The van der Waals surface area contributed by atoms with Gasteiger partial charge >= 0.3 is 0 Å². The zero-order chi connectivity index (χ0) is 16.2. The number of hydrogen-bond acceptors (Lipinski definition) is 4. The first-order chi connectivity index (χ1) is 11.1. The molecule has 1 aromatic carbocycles. The van der Waals surface area contributed by atoms with E-state index in [2.05, 4.69) is 41.8 Å². The topological polar surface area (TPSA) is 23.6 Å². The van der Waals surface area contributed by atoms with Gasteiger partial charge in [-0.15, -0.1) is 11.3 Å². The molecule has 0 saturated carbocycles. The second-order valence-electron chi connectivity index (χ2n) is 6.20. The Balaban J connectivity index is 1.51. The van der Waals surface area contributed by atoms with Crippen molar-refractivity contribution >= 4 is 22.8 Å². The quantitative estimate of drug-likeness (QED) is 0.781. The third-order valence-electron chi connectivity index (χ3n) is 4.74. The maximum atomic E-state index is 12.1. The number of ketones is 1. The van der Waals surface area contributed by atoms with Crippen molar-refractivity contribution in [2.24, 2.45) is 0 Å². The molecule has 0 spiro atoms. The number of benzene rings is 1. The molecule has 4 heteroatoms. The maximum absolute atomic E-state index is 12.1. The van der Waals surface area contributed by atoms with Crippen LogP contribution >= 0.6 is 11.3 Å². The summed E-state index contributed by atoms with van der Waals surface area (Å²) in [6, 6.07) is 10.4. The first-order valence-corrected chi connectivity index (χ1v) is 9.13. The minimum atomic E-state index is 0.275. The minimum Gasteiger partial charge on any atom is -0.369 e. The van der Waals surface area contributed by atoms with Crippen molar-refractivity contribution in [3.8, 4) is 0 Å². The smallest absolute Gasteiger partial charge is 0.174 e. The van der Waals surface area contributed by atoms with Gasteiger partial charge in [0.2, 0.25) is 0 Å². The van der Waals surface area contributed by atoms with Crippen LogP contribution in [0.5, 0.6) is 0 Å². The molecular formula is C19H24N2OS. The molecule has 0 atom stereocenters. The number of aryl methyl sites for hydroxylation is 1. The van der Waals surface area contributed by atoms with E-state index in [0.717, 1.165) is 37.6 Å². The third-order valence-corrected chi connectivity index (χ3v) is 5.65. The van der Waals surface area contributed by atoms with Crippen molar-refractivity contribution in [1.82, 2.24) is 4.90 Å². The highest BCUT2D eigenvalue weighted by Gasteiger charge is 2.19. The van der Waals surface area contributed by atoms with Gasteiger partial charge in [-0.1, -0.05) is 18.2 Å². The molecule has 0 aliphatic carbocycles. The Bertz CT molecular complexity index is 658. The van der Waals surface area contributed by atoms with E-state index in [4.69, 9.17) is 0 Å². The molecule has 1 aliphatic heterocycles. The van der Waals surface area contributed by atoms with Gasteiger partial charge in [0.25, 0.3) is 0 Å². The van der Waals surface area contributed by atoms with Crippen molar-refractivity contribution < 1.29 is 4.79 Å². The van der Waals surface area contributed by atoms with Crippen molar-refractivity contribution in [2.75, 3.05) is 37.6 Å². The summed E-state index contributed by atoms with van der Waals surface area (Å²) >= 11 is 1.54. The Kier molecular flexibility index (Phi) is 5.13. The van der Waals surface area contributed by atoms with Crippen LogP contribution in [0.3, 0.4) is 0 Å². The lowest BCUT2D eigenvalue weighted by Crippen LogP contribution is -2.47. The average Bonchev–Trinajstić information content (AvgIpc) is 3.10. The Morgan fingerprint density at radius 3 is 2.57 bits per heavy atom. The second kappa shape index (κ2) is 7.28. The lowest BCUT2D eigenvalue weighted by atomic mass is 10.1. The minimum absolute atomic E-state index is 0.275. The van der Waals surface area contributed by atoms with Gasteiger partial charge < -0.3 is 4.90 Å². The highest BCUT2D eigenvalue weighted by atomic mass is 32.1. The van der Waals surface area contributed by atoms with Gasteiger partial charge in [0, 0.05) is 44.8 Å². The van der Waals surface area contributed by atoms with Crippen LogP contribution in [0.15, 0.2) is 35.7 Å². The number of anilines is 1. The van der Waals surface area contributed by atoms with Crippen LogP contribution in [0.25, 0.3) is 0 Å². The van der Waals surface area contributed by atoms with E-state index in [0.29, 0.717) is 6.42 Å². The fourth-order valence-electron chi connectivity index (χ4n) is 3.11. The molecule has 0 amide bonds. The summed E-state index contributed by atoms with van der Waals surface area (Å²) < 4.78 is 0. The average molecular weight is 328 g/mol. The van der Waals surface area contributed by atoms with Gasteiger partial charge in [-0.2, -0.15) is 0 Å². The van der Waals surface area contributed by atoms with Crippen molar-refractivity contribution in [3.63, 3.8) is 0 Å². The number of nitrogens with zero attached hydrogens (tertiary/aromatic N) is 2. The first-order valence-electron chi connectivity index (χ1n) is 8.25. The molecule has 2 heterocycles. The third kappa shape index (κ3) is 3.82. The van der Waals surface area contributed by atoms with Crippen LogP contribution in [0.4, 0.5) is 5.69 Å². The Labute approximate surface area is 142 Å². The first kappa shape index (κ1) is 16.2. The summed E-state index contributed by atoms with van der Waals surface area (Å²) in [6.07, 6.45) is 0.629. The van der Waals surface area contributed by atoms with Crippen LogP contribution in [-0.2, 0) is 0 Å². The molecule has 3 nitrogen and oxygen atoms in total. The standard InChI is InChI=1S/C19H24N2OS/c1-15-5-3-6-17(16(15)2)21-12-10-20(11-13-21)9-8-18(22)19-7-4-14-23-19/h3-7,14H,8-13H2,1-2H3. The van der Waals surface area contributed by atoms with Crippen molar-refractivity contribution in [3.05, 3.63) is 51.7 Å². The Morgan fingerprint density at radius 2 is 1.87 bits per heavy atom. The number of carbonyl (C=O) groups excluding carboxylic acids is 1. The Hall–Kier alpha value is -1.65. The molecule has 0 radical (unpaired) electrons. The van der Waals surface area contributed by atoms with E-state index >= 15 is 0 Å². The van der Waals surface area contributed by atoms with E-state index in [-0.39, 0.29) is 5.78 Å². The second-order valence-corrected chi connectivity index (χ2v) is 7.15. The highest BCUT2D eigenvalue weighted by molar-refractivity contribution is 7.12. The van der Waals surface area contributed by atoms with Gasteiger partial charge in [0.15, 0.2) is 5.78 Å². The molecule has 0 bridgehead atoms. The molecule has 1 aromatic heterocycles. The summed E-state index contributed by atoms with van der Waals surface area (Å²) in [5.41, 5.74) is 4.10. The fourth-order valence-corrected chi connectivity index (χ4v) is 3.81. The number of piperazine rings is 1. The molecule has 0 N–H and O–H groups in total. The van der Waals surface area contributed by atoms with E-state index in [1.54, 1.807) is 11.3 Å². The van der Waals surface area contributed by atoms with Gasteiger partial charge in [-0.3, -0.25) is 9.69 Å². The number of hydrogen-bond donors (Lipinski definition) is 0. The Morgan fingerprint density at radius 1 is 1.09 bits per heavy atom. The summed E-state index contributed by atoms with van der Waals surface area (Å²) in [5.74, 6) is 0.275. The number of thiophene rings is 1. The fraction of sp³-hybridized carbons (Fsp3) is 0.421. The van der Waals surface area contributed by atoms with Crippen molar-refractivity contribution in [2.45, 2.75) is 20.3 Å². The summed E-state index contributed by atoms with van der Waals surface area (Å²) in [4.78, 5) is 17.9. The summed E-state index contributed by atoms with van der Waals surface area (Å²) in [7, 11) is 0. The molecule has 0 unspecified atom stereocenters. The van der Waals surface area contributed by atoms with Crippen LogP contribution < -0.4 is 4.90 Å². The molecule has 122 valence electrons. The monoisotopic (exact) mass is 328 g/mol. The lowest BCUT2D eigenvalue weighted by molar-refractivity contribution is 0.0966. The van der Waals surface area contributed by atoms with Crippen LogP contribution in [0, 0.1) is 13.8 Å². The predicted octanol–water partition coefficient (Wildman–Crippen LogP) is 3.76. The zero-order valence-electron chi connectivity index (χ0n) is 13.9. The molecule has 1 fully saturated rings. The van der Waals surface area contributed by atoms with Crippen LogP contribution in [0.1, 0.15) is 27.2 Å². The lowest BCUT2D eigenvalue weighted by Gasteiger charge is -2.37. The number of rotatable bonds is 5. The maximum Gasteiger partial charge on any atom is 0.174 e. The largest absolute Gasteiger partial charge is 0.369 e. The number of carbonyl (C=O) groups is 1. The number of Topliss-reactive ketones (excluding diaryl/α,β-unsaturated/α-hetero) is 1. The van der Waals surface area contributed by atoms with E-state index in [1.807, 2.05) is 17.5 Å². The van der Waals surface area contributed by atoms with E-state index < -0.39 is 0 Å². The van der Waals surface area contributed by atoms with Crippen molar-refractivity contribution in [1.29, 1.82) is 0 Å². The van der Waals surface area contributed by atoms with E-state index in [1.165, 1.54) is 16.8 Å². The van der Waals surface area contributed by atoms with Crippen LogP contribution in [-0.4, -0.2) is 43.4 Å². The van der Waals surface area contributed by atoms with Gasteiger partial charge in [0.1, 0.15) is 0 Å².